The van der Waals surface area contributed by atoms with Crippen molar-refractivity contribution in [3.05, 3.63) is 91.0 Å². The van der Waals surface area contributed by atoms with Crippen LogP contribution >= 0.6 is 0 Å². The largest absolute Gasteiger partial charge is 0.490 e. The molecule has 0 fully saturated rings. The Kier molecular flexibility index (Phi) is 6.18. The van der Waals surface area contributed by atoms with Crippen molar-refractivity contribution < 1.29 is 19.1 Å². The zero-order valence-electron chi connectivity index (χ0n) is 18.7. The summed E-state index contributed by atoms with van der Waals surface area (Å²) in [5.41, 5.74) is 0.849. The van der Waals surface area contributed by atoms with Crippen molar-refractivity contribution in [3.63, 3.8) is 0 Å². The molecule has 2 amide bonds. The first-order valence-electron chi connectivity index (χ1n) is 10.7. The minimum Gasteiger partial charge on any atom is -0.490 e. The van der Waals surface area contributed by atoms with Crippen molar-refractivity contribution in [2.75, 3.05) is 23.4 Å². The van der Waals surface area contributed by atoms with Gasteiger partial charge < -0.3 is 19.7 Å². The Balaban J connectivity index is 1.61. The van der Waals surface area contributed by atoms with E-state index in [1.54, 1.807) is 47.4 Å². The van der Waals surface area contributed by atoms with E-state index in [1.807, 2.05) is 50.2 Å². The molecule has 4 rings (SSSR count). The number of benzene rings is 3. The number of para-hydroxylation sites is 2. The highest BCUT2D eigenvalue weighted by Gasteiger charge is 2.37. The number of ether oxygens (including phenoxy) is 2. The number of anilines is 2. The third-order valence-electron chi connectivity index (χ3n) is 5.33. The lowest BCUT2D eigenvalue weighted by atomic mass is 9.93. The predicted molar refractivity (Wildman–Crippen MR) is 129 cm³/mol. The number of nitrogens with one attached hydrogen (secondary N) is 1. The summed E-state index contributed by atoms with van der Waals surface area (Å²) < 4.78 is 11.8. The molecule has 0 aromatic heterocycles. The molecule has 0 saturated carbocycles. The summed E-state index contributed by atoms with van der Waals surface area (Å²) in [5.74, 6) is 1.29. The molecule has 0 atom stereocenters. The predicted octanol–water partition coefficient (Wildman–Crippen LogP) is 5.67. The van der Waals surface area contributed by atoms with Gasteiger partial charge in [-0.1, -0.05) is 36.4 Å². The number of carbonyl (C=O) groups excluding carboxylic acids is 2. The number of hydrogen-bond donors (Lipinski definition) is 1. The zero-order valence-corrected chi connectivity index (χ0v) is 18.7. The van der Waals surface area contributed by atoms with E-state index in [1.165, 1.54) is 0 Å². The number of nitrogens with zero attached hydrogens (tertiary/aromatic N) is 1. The molecule has 33 heavy (non-hydrogen) atoms. The fourth-order valence-corrected chi connectivity index (χ4v) is 3.59. The van der Waals surface area contributed by atoms with Gasteiger partial charge in [0.2, 0.25) is 5.91 Å². The van der Waals surface area contributed by atoms with Gasteiger partial charge in [0.1, 0.15) is 23.9 Å². The van der Waals surface area contributed by atoms with Gasteiger partial charge in [-0.2, -0.15) is 0 Å². The van der Waals surface area contributed by atoms with E-state index in [2.05, 4.69) is 11.9 Å². The Morgan fingerprint density at radius 1 is 1.12 bits per heavy atom. The number of hydrogen-bond acceptors (Lipinski definition) is 4. The normalized spacial score (nSPS) is 14.5. The molecule has 0 aliphatic carbocycles. The third kappa shape index (κ3) is 4.75. The van der Waals surface area contributed by atoms with Crippen LogP contribution in [-0.2, 0) is 4.79 Å². The highest BCUT2D eigenvalue weighted by molar-refractivity contribution is 6.07. The molecule has 3 aromatic rings. The molecular weight excluding hydrogens is 416 g/mol. The molecule has 6 heteroatoms. The summed E-state index contributed by atoms with van der Waals surface area (Å²) in [4.78, 5) is 27.8. The van der Waals surface area contributed by atoms with E-state index >= 15 is 0 Å². The standard InChI is InChI=1S/C27H26N2O4/c1-4-16-29-22-17-19(14-15-24(22)32-18-27(2,3)26(29)31)28-25(30)21-12-8-9-13-23(21)33-20-10-6-5-7-11-20/h4-15,17H,1,16,18H2,2-3H3,(H,28,30). The quantitative estimate of drug-likeness (QED) is 0.500. The summed E-state index contributed by atoms with van der Waals surface area (Å²) in [6, 6.07) is 21.6. The SMILES string of the molecule is C=CCN1C(=O)C(C)(C)COc2ccc(NC(=O)c3ccccc3Oc3ccccc3)cc21. The van der Waals surface area contributed by atoms with Crippen LogP contribution in [0.15, 0.2) is 85.5 Å². The number of rotatable bonds is 6. The van der Waals surface area contributed by atoms with Gasteiger partial charge in [0, 0.05) is 12.2 Å². The van der Waals surface area contributed by atoms with E-state index in [0.717, 1.165) is 0 Å². The Bertz CT molecular complexity index is 1190. The Labute approximate surface area is 193 Å². The van der Waals surface area contributed by atoms with Gasteiger partial charge in [-0.25, -0.2) is 0 Å². The first-order valence-corrected chi connectivity index (χ1v) is 10.7. The second kappa shape index (κ2) is 9.20. The minimum atomic E-state index is -0.681. The number of fused-ring (bicyclic) bond motifs is 1. The van der Waals surface area contributed by atoms with Crippen LogP contribution in [-0.4, -0.2) is 25.0 Å². The maximum atomic E-state index is 13.1. The highest BCUT2D eigenvalue weighted by Crippen LogP contribution is 2.38. The van der Waals surface area contributed by atoms with Crippen molar-refractivity contribution in [1.29, 1.82) is 0 Å². The van der Waals surface area contributed by atoms with E-state index < -0.39 is 5.41 Å². The minimum absolute atomic E-state index is 0.0637. The molecule has 1 heterocycles. The van der Waals surface area contributed by atoms with Crippen molar-refractivity contribution in [2.24, 2.45) is 5.41 Å². The second-order valence-corrected chi connectivity index (χ2v) is 8.42. The van der Waals surface area contributed by atoms with Crippen LogP contribution in [0.5, 0.6) is 17.2 Å². The van der Waals surface area contributed by atoms with E-state index in [-0.39, 0.29) is 18.4 Å². The van der Waals surface area contributed by atoms with Crippen LogP contribution in [0.1, 0.15) is 24.2 Å². The third-order valence-corrected chi connectivity index (χ3v) is 5.33. The Morgan fingerprint density at radius 2 is 1.85 bits per heavy atom. The molecule has 0 radical (unpaired) electrons. The summed E-state index contributed by atoms with van der Waals surface area (Å²) in [7, 11) is 0. The molecule has 6 nitrogen and oxygen atoms in total. The lowest BCUT2D eigenvalue weighted by Gasteiger charge is -2.27. The molecule has 0 unspecified atom stereocenters. The molecule has 0 spiro atoms. The summed E-state index contributed by atoms with van der Waals surface area (Å²) in [6.07, 6.45) is 1.67. The molecule has 1 N–H and O–H groups in total. The fourth-order valence-electron chi connectivity index (χ4n) is 3.59. The van der Waals surface area contributed by atoms with Crippen molar-refractivity contribution in [2.45, 2.75) is 13.8 Å². The summed E-state index contributed by atoms with van der Waals surface area (Å²) in [6.45, 7) is 8.08. The van der Waals surface area contributed by atoms with E-state index in [0.29, 0.717) is 40.7 Å². The molecular formula is C27H26N2O4. The topological polar surface area (TPSA) is 67.9 Å². The van der Waals surface area contributed by atoms with E-state index in [4.69, 9.17) is 9.47 Å². The second-order valence-electron chi connectivity index (χ2n) is 8.42. The molecule has 0 bridgehead atoms. The molecule has 1 aliphatic rings. The lowest BCUT2D eigenvalue weighted by Crippen LogP contribution is -2.42. The van der Waals surface area contributed by atoms with Gasteiger partial charge in [0.15, 0.2) is 0 Å². The van der Waals surface area contributed by atoms with E-state index in [9.17, 15) is 9.59 Å². The van der Waals surface area contributed by atoms with Crippen LogP contribution in [0.3, 0.4) is 0 Å². The van der Waals surface area contributed by atoms with Crippen molar-refractivity contribution in [3.8, 4) is 17.2 Å². The van der Waals surface area contributed by atoms with Crippen LogP contribution in [0.2, 0.25) is 0 Å². The highest BCUT2D eigenvalue weighted by atomic mass is 16.5. The van der Waals surface area contributed by atoms with Crippen LogP contribution in [0.25, 0.3) is 0 Å². The first-order chi connectivity index (χ1) is 15.9. The summed E-state index contributed by atoms with van der Waals surface area (Å²) >= 11 is 0. The summed E-state index contributed by atoms with van der Waals surface area (Å²) in [5, 5.41) is 2.91. The van der Waals surface area contributed by atoms with Gasteiger partial charge in [0.05, 0.1) is 16.7 Å². The smallest absolute Gasteiger partial charge is 0.259 e. The molecule has 168 valence electrons. The Morgan fingerprint density at radius 3 is 2.61 bits per heavy atom. The van der Waals surface area contributed by atoms with Crippen molar-refractivity contribution in [1.82, 2.24) is 0 Å². The zero-order chi connectivity index (χ0) is 23.4. The van der Waals surface area contributed by atoms with Crippen LogP contribution < -0.4 is 19.7 Å². The fraction of sp³-hybridized carbons (Fsp3) is 0.185. The average molecular weight is 443 g/mol. The maximum Gasteiger partial charge on any atom is 0.259 e. The first kappa shape index (κ1) is 22.1. The van der Waals surface area contributed by atoms with Crippen LogP contribution in [0.4, 0.5) is 11.4 Å². The maximum absolute atomic E-state index is 13.1. The average Bonchev–Trinajstić information content (AvgIpc) is 2.90. The Hall–Kier alpha value is -4.06. The van der Waals surface area contributed by atoms with Gasteiger partial charge in [-0.05, 0) is 56.3 Å². The number of carbonyl (C=O) groups is 2. The monoisotopic (exact) mass is 442 g/mol. The molecule has 1 aliphatic heterocycles. The van der Waals surface area contributed by atoms with Gasteiger partial charge in [0.25, 0.3) is 5.91 Å². The van der Waals surface area contributed by atoms with Crippen molar-refractivity contribution >= 4 is 23.2 Å². The molecule has 3 aromatic carbocycles. The van der Waals surface area contributed by atoms with Gasteiger partial charge in [-0.3, -0.25) is 9.59 Å². The lowest BCUT2D eigenvalue weighted by molar-refractivity contribution is -0.127. The number of amides is 2. The van der Waals surface area contributed by atoms with Crippen LogP contribution in [0, 0.1) is 5.41 Å². The van der Waals surface area contributed by atoms with Gasteiger partial charge in [-0.15, -0.1) is 6.58 Å². The van der Waals surface area contributed by atoms with Gasteiger partial charge >= 0.3 is 0 Å². The molecule has 0 saturated heterocycles.